The predicted octanol–water partition coefficient (Wildman–Crippen LogP) is 1.20. The zero-order chi connectivity index (χ0) is 14.5. The Morgan fingerprint density at radius 3 is 2.40 bits per heavy atom. The number of carbonyl (C=O) groups excluding carboxylic acids is 2. The Balaban J connectivity index is 2.44. The van der Waals surface area contributed by atoms with E-state index in [1.54, 1.807) is 12.1 Å². The Morgan fingerprint density at radius 2 is 1.80 bits per heavy atom. The molecule has 0 spiro atoms. The molecule has 2 N–H and O–H groups in total. The van der Waals surface area contributed by atoms with Gasteiger partial charge in [0.2, 0.25) is 5.91 Å². The van der Waals surface area contributed by atoms with E-state index in [1.807, 2.05) is 30.3 Å². The molecule has 2 aromatic carbocycles. The van der Waals surface area contributed by atoms with Gasteiger partial charge in [-0.3, -0.25) is 4.79 Å². The lowest BCUT2D eigenvalue weighted by Gasteiger charge is -2.09. The van der Waals surface area contributed by atoms with Crippen molar-refractivity contribution in [1.29, 1.82) is 0 Å². The molecule has 0 fully saturated rings. The summed E-state index contributed by atoms with van der Waals surface area (Å²) < 4.78 is 4.76. The van der Waals surface area contributed by atoms with E-state index in [4.69, 9.17) is 10.5 Å². The first-order valence-electron chi connectivity index (χ1n) is 5.96. The number of hydrogen-bond donors (Lipinski definition) is 1. The quantitative estimate of drug-likeness (QED) is 0.678. The number of methoxy groups -OCH3 is 1. The fourth-order valence-electron chi connectivity index (χ4n) is 1.77. The van der Waals surface area contributed by atoms with Crippen LogP contribution in [-0.2, 0) is 4.74 Å². The van der Waals surface area contributed by atoms with Crippen molar-refractivity contribution in [1.82, 2.24) is 0 Å². The zero-order valence-corrected chi connectivity index (χ0v) is 11.9. The van der Waals surface area contributed by atoms with Crippen molar-refractivity contribution in [2.45, 2.75) is 0 Å². The molecule has 0 heterocycles. The summed E-state index contributed by atoms with van der Waals surface area (Å²) in [6, 6.07) is 14.5. The first kappa shape index (κ1) is 14.2. The fraction of sp³-hybridized carbons (Fsp3) is 0.0667. The smallest absolute Gasteiger partial charge is 0.338 e. The van der Waals surface area contributed by atoms with Gasteiger partial charge >= 0.3 is 5.97 Å². The first-order chi connectivity index (χ1) is 9.61. The fourth-order valence-corrected chi connectivity index (χ4v) is 2.98. The van der Waals surface area contributed by atoms with Crippen LogP contribution >= 0.6 is 8.58 Å². The average molecular weight is 287 g/mol. The Labute approximate surface area is 118 Å². The van der Waals surface area contributed by atoms with Crippen LogP contribution in [0.25, 0.3) is 0 Å². The topological polar surface area (TPSA) is 69.4 Å². The largest absolute Gasteiger partial charge is 0.465 e. The molecule has 0 bridgehead atoms. The van der Waals surface area contributed by atoms with Crippen molar-refractivity contribution >= 4 is 31.1 Å². The van der Waals surface area contributed by atoms with Gasteiger partial charge < -0.3 is 10.5 Å². The molecule has 20 heavy (non-hydrogen) atoms. The van der Waals surface area contributed by atoms with Crippen LogP contribution in [0.5, 0.6) is 0 Å². The van der Waals surface area contributed by atoms with Gasteiger partial charge in [-0.2, -0.15) is 0 Å². The molecule has 2 aromatic rings. The number of amides is 1. The lowest BCUT2D eigenvalue weighted by atomic mass is 10.1. The number of nitrogens with two attached hydrogens (primary N) is 1. The van der Waals surface area contributed by atoms with E-state index >= 15 is 0 Å². The van der Waals surface area contributed by atoms with Gasteiger partial charge in [0, 0.05) is 5.56 Å². The number of esters is 1. The number of primary amides is 1. The molecule has 2 rings (SSSR count). The van der Waals surface area contributed by atoms with Crippen molar-refractivity contribution in [2.24, 2.45) is 5.73 Å². The van der Waals surface area contributed by atoms with E-state index in [9.17, 15) is 9.59 Å². The summed E-state index contributed by atoms with van der Waals surface area (Å²) in [4.78, 5) is 23.0. The van der Waals surface area contributed by atoms with Crippen molar-refractivity contribution in [2.75, 3.05) is 7.11 Å². The van der Waals surface area contributed by atoms with Gasteiger partial charge in [0.1, 0.15) is 0 Å². The summed E-state index contributed by atoms with van der Waals surface area (Å²) in [5.74, 6) is -0.931. The molecule has 102 valence electrons. The molecule has 1 atom stereocenters. The van der Waals surface area contributed by atoms with Crippen LogP contribution in [0, 0.1) is 0 Å². The minimum Gasteiger partial charge on any atom is -0.465 e. The summed E-state index contributed by atoms with van der Waals surface area (Å²) in [5, 5.41) is 1.82. The summed E-state index contributed by atoms with van der Waals surface area (Å²) in [5.41, 5.74) is 6.13. The normalized spacial score (nSPS) is 10.7. The van der Waals surface area contributed by atoms with Crippen LogP contribution in [0.1, 0.15) is 20.7 Å². The van der Waals surface area contributed by atoms with Gasteiger partial charge in [0.05, 0.1) is 12.7 Å². The van der Waals surface area contributed by atoms with Gasteiger partial charge in [-0.1, -0.05) is 38.9 Å². The summed E-state index contributed by atoms with van der Waals surface area (Å²) in [6.45, 7) is 0. The molecule has 0 aliphatic heterocycles. The van der Waals surface area contributed by atoms with E-state index < -0.39 is 11.9 Å². The third-order valence-corrected chi connectivity index (χ3v) is 4.07. The van der Waals surface area contributed by atoms with Crippen LogP contribution in [0.15, 0.2) is 48.5 Å². The predicted molar refractivity (Wildman–Crippen MR) is 80.3 cm³/mol. The number of rotatable bonds is 4. The molecule has 1 unspecified atom stereocenters. The Morgan fingerprint density at radius 1 is 1.10 bits per heavy atom. The average Bonchev–Trinajstić information content (AvgIpc) is 2.47. The lowest BCUT2D eigenvalue weighted by Crippen LogP contribution is -2.19. The van der Waals surface area contributed by atoms with Crippen LogP contribution in [0.3, 0.4) is 0 Å². The van der Waals surface area contributed by atoms with E-state index in [2.05, 4.69) is 0 Å². The molecule has 0 saturated carbocycles. The highest BCUT2D eigenvalue weighted by molar-refractivity contribution is 7.55. The Hall–Kier alpha value is -2.19. The second kappa shape index (κ2) is 6.31. The van der Waals surface area contributed by atoms with E-state index in [-0.39, 0.29) is 8.58 Å². The number of benzene rings is 2. The molecule has 0 radical (unpaired) electrons. The molecular weight excluding hydrogens is 273 g/mol. The first-order valence-corrected chi connectivity index (χ1v) is 6.96. The SMILES string of the molecule is COC(=O)c1ccc(C(N)=O)cc1Pc1ccccc1. The lowest BCUT2D eigenvalue weighted by molar-refractivity contribution is 0.0602. The monoisotopic (exact) mass is 287 g/mol. The summed E-state index contributed by atoms with van der Waals surface area (Å²) >= 11 is 0. The third kappa shape index (κ3) is 3.22. The van der Waals surface area contributed by atoms with Crippen molar-refractivity contribution in [3.63, 3.8) is 0 Å². The van der Waals surface area contributed by atoms with Crippen LogP contribution in [0.2, 0.25) is 0 Å². The van der Waals surface area contributed by atoms with Crippen molar-refractivity contribution < 1.29 is 14.3 Å². The van der Waals surface area contributed by atoms with Gasteiger partial charge in [-0.15, -0.1) is 0 Å². The standard InChI is InChI=1S/C15H14NO3P/c1-19-15(18)12-8-7-10(14(16)17)9-13(12)20-11-5-3-2-4-6-11/h2-9,20H,1H3,(H2,16,17). The van der Waals surface area contributed by atoms with Gasteiger partial charge in [0.15, 0.2) is 0 Å². The molecule has 4 nitrogen and oxygen atoms in total. The zero-order valence-electron chi connectivity index (χ0n) is 10.9. The second-order valence-electron chi connectivity index (χ2n) is 4.11. The number of ether oxygens (including phenoxy) is 1. The molecule has 0 aromatic heterocycles. The highest BCUT2D eigenvalue weighted by atomic mass is 31.1. The van der Waals surface area contributed by atoms with Gasteiger partial charge in [-0.05, 0) is 28.8 Å². The summed E-state index contributed by atoms with van der Waals surface area (Å²) in [7, 11) is 1.58. The highest BCUT2D eigenvalue weighted by Gasteiger charge is 2.14. The highest BCUT2D eigenvalue weighted by Crippen LogP contribution is 2.16. The van der Waals surface area contributed by atoms with Crippen molar-refractivity contribution in [3.8, 4) is 0 Å². The van der Waals surface area contributed by atoms with Crippen molar-refractivity contribution in [3.05, 3.63) is 59.7 Å². The molecule has 0 aliphatic carbocycles. The van der Waals surface area contributed by atoms with Crippen LogP contribution < -0.4 is 16.3 Å². The maximum atomic E-state index is 11.8. The van der Waals surface area contributed by atoms with E-state index in [0.717, 1.165) is 10.6 Å². The van der Waals surface area contributed by atoms with Crippen LogP contribution in [-0.4, -0.2) is 19.0 Å². The second-order valence-corrected chi connectivity index (χ2v) is 5.47. The minimum absolute atomic E-state index is 0.252. The van der Waals surface area contributed by atoms with E-state index in [1.165, 1.54) is 13.2 Å². The Bertz CT molecular complexity index is 641. The molecule has 0 saturated heterocycles. The maximum Gasteiger partial charge on any atom is 0.338 e. The maximum absolute atomic E-state index is 11.8. The Kier molecular flexibility index (Phi) is 4.49. The minimum atomic E-state index is -0.513. The summed E-state index contributed by atoms with van der Waals surface area (Å²) in [6.07, 6.45) is 0. The van der Waals surface area contributed by atoms with Gasteiger partial charge in [-0.25, -0.2) is 4.79 Å². The van der Waals surface area contributed by atoms with Gasteiger partial charge in [0.25, 0.3) is 0 Å². The number of carbonyl (C=O) groups is 2. The third-order valence-electron chi connectivity index (χ3n) is 2.76. The molecule has 5 heteroatoms. The van der Waals surface area contributed by atoms with E-state index in [0.29, 0.717) is 11.1 Å². The molecular formula is C15H14NO3P. The van der Waals surface area contributed by atoms with Crippen LogP contribution in [0.4, 0.5) is 0 Å². The molecule has 1 amide bonds. The molecule has 0 aliphatic rings. The number of hydrogen-bond acceptors (Lipinski definition) is 3.